The average Bonchev–Trinajstić information content (AvgIpc) is 3.14. The van der Waals surface area contributed by atoms with Gasteiger partial charge >= 0.3 is 0 Å². The molecule has 0 bridgehead atoms. The first kappa shape index (κ1) is 12.4. The number of hydrogen-bond acceptors (Lipinski definition) is 3. The first-order chi connectivity index (χ1) is 8.67. The van der Waals surface area contributed by atoms with Crippen molar-refractivity contribution >= 4 is 5.91 Å². The molecule has 2 heterocycles. The fourth-order valence-corrected chi connectivity index (χ4v) is 3.33. The maximum Gasteiger partial charge on any atom is 0.236 e. The summed E-state index contributed by atoms with van der Waals surface area (Å²) >= 11 is 0. The van der Waals surface area contributed by atoms with Crippen molar-refractivity contribution < 1.29 is 9.90 Å². The number of carbonyl (C=O) groups excluding carboxylic acids is 1. The average molecular weight is 252 g/mol. The van der Waals surface area contributed by atoms with Crippen molar-refractivity contribution in [3.8, 4) is 0 Å². The fourth-order valence-electron chi connectivity index (χ4n) is 3.33. The SMILES string of the molecule is O=C(CN1CC(O)(C2CC2)C1)N1CCCCCC1. The highest BCUT2D eigenvalue weighted by Crippen LogP contribution is 2.44. The van der Waals surface area contributed by atoms with E-state index in [1.54, 1.807) is 0 Å². The zero-order valence-electron chi connectivity index (χ0n) is 11.1. The lowest BCUT2D eigenvalue weighted by molar-refractivity contribution is -0.144. The molecule has 1 N–H and O–H groups in total. The Morgan fingerprint density at radius 1 is 1.11 bits per heavy atom. The Labute approximate surface area is 109 Å². The maximum atomic E-state index is 12.2. The molecule has 0 radical (unpaired) electrons. The summed E-state index contributed by atoms with van der Waals surface area (Å²) in [7, 11) is 0. The molecule has 0 aromatic rings. The van der Waals surface area contributed by atoms with Crippen molar-refractivity contribution in [1.29, 1.82) is 0 Å². The molecule has 102 valence electrons. The molecule has 4 heteroatoms. The smallest absolute Gasteiger partial charge is 0.236 e. The predicted octanol–water partition coefficient (Wildman–Crippen LogP) is 0.846. The third-order valence-electron chi connectivity index (χ3n) is 4.65. The molecule has 1 aliphatic carbocycles. The molecule has 2 aliphatic heterocycles. The first-order valence-electron chi connectivity index (χ1n) is 7.40. The molecule has 18 heavy (non-hydrogen) atoms. The Kier molecular flexibility index (Phi) is 3.32. The third-order valence-corrected chi connectivity index (χ3v) is 4.65. The van der Waals surface area contributed by atoms with Crippen LogP contribution in [0.3, 0.4) is 0 Å². The number of hydrogen-bond donors (Lipinski definition) is 1. The first-order valence-corrected chi connectivity index (χ1v) is 7.40. The van der Waals surface area contributed by atoms with Crippen LogP contribution in [-0.2, 0) is 4.79 Å². The molecular formula is C14H24N2O2. The minimum absolute atomic E-state index is 0.259. The summed E-state index contributed by atoms with van der Waals surface area (Å²) < 4.78 is 0. The van der Waals surface area contributed by atoms with E-state index >= 15 is 0 Å². The molecule has 2 saturated heterocycles. The second-order valence-electron chi connectivity index (χ2n) is 6.32. The highest BCUT2D eigenvalue weighted by atomic mass is 16.3. The molecule has 3 aliphatic rings. The second-order valence-corrected chi connectivity index (χ2v) is 6.32. The Morgan fingerprint density at radius 3 is 2.28 bits per heavy atom. The van der Waals surface area contributed by atoms with Gasteiger partial charge in [0.1, 0.15) is 0 Å². The van der Waals surface area contributed by atoms with Gasteiger partial charge in [-0.05, 0) is 31.6 Å². The van der Waals surface area contributed by atoms with Gasteiger partial charge in [-0.25, -0.2) is 0 Å². The molecule has 0 atom stereocenters. The van der Waals surface area contributed by atoms with E-state index in [0.717, 1.165) is 25.9 Å². The van der Waals surface area contributed by atoms with Gasteiger partial charge in [-0.1, -0.05) is 12.8 Å². The van der Waals surface area contributed by atoms with E-state index in [1.807, 2.05) is 4.90 Å². The van der Waals surface area contributed by atoms with E-state index in [9.17, 15) is 9.90 Å². The van der Waals surface area contributed by atoms with Crippen LogP contribution in [0.4, 0.5) is 0 Å². The lowest BCUT2D eigenvalue weighted by atomic mass is 9.89. The van der Waals surface area contributed by atoms with Crippen LogP contribution in [0.25, 0.3) is 0 Å². The lowest BCUT2D eigenvalue weighted by Crippen LogP contribution is -2.64. The lowest BCUT2D eigenvalue weighted by Gasteiger charge is -2.47. The number of β-amino-alcohol motifs (C(OH)–C–C–N with tert-alkyl or cyclic N) is 1. The van der Waals surface area contributed by atoms with Crippen LogP contribution in [0.5, 0.6) is 0 Å². The number of rotatable bonds is 3. The van der Waals surface area contributed by atoms with Crippen LogP contribution in [-0.4, -0.2) is 59.1 Å². The molecule has 3 rings (SSSR count). The van der Waals surface area contributed by atoms with E-state index in [4.69, 9.17) is 0 Å². The van der Waals surface area contributed by atoms with Gasteiger partial charge in [0.15, 0.2) is 0 Å². The minimum Gasteiger partial charge on any atom is -0.387 e. The van der Waals surface area contributed by atoms with Crippen molar-refractivity contribution in [2.45, 2.75) is 44.1 Å². The van der Waals surface area contributed by atoms with E-state index in [-0.39, 0.29) is 5.91 Å². The summed E-state index contributed by atoms with van der Waals surface area (Å²) in [6, 6.07) is 0. The largest absolute Gasteiger partial charge is 0.387 e. The molecule has 1 amide bonds. The van der Waals surface area contributed by atoms with Crippen molar-refractivity contribution in [1.82, 2.24) is 9.80 Å². The Bertz CT molecular complexity index is 314. The van der Waals surface area contributed by atoms with Crippen LogP contribution in [0.2, 0.25) is 0 Å². The Balaban J connectivity index is 1.44. The number of carbonyl (C=O) groups is 1. The summed E-state index contributed by atoms with van der Waals surface area (Å²) in [6.07, 6.45) is 7.16. The number of likely N-dealkylation sites (tertiary alicyclic amines) is 2. The summed E-state index contributed by atoms with van der Waals surface area (Å²) in [4.78, 5) is 16.3. The molecule has 0 spiro atoms. The zero-order chi connectivity index (χ0) is 12.6. The summed E-state index contributed by atoms with van der Waals surface area (Å²) in [5.41, 5.74) is -0.459. The van der Waals surface area contributed by atoms with Crippen LogP contribution in [0, 0.1) is 5.92 Å². The summed E-state index contributed by atoms with van der Waals surface area (Å²) in [5.74, 6) is 0.775. The van der Waals surface area contributed by atoms with Gasteiger partial charge in [-0.2, -0.15) is 0 Å². The molecule has 1 saturated carbocycles. The van der Waals surface area contributed by atoms with Crippen LogP contribution in [0.1, 0.15) is 38.5 Å². The zero-order valence-corrected chi connectivity index (χ0v) is 11.1. The number of nitrogens with zero attached hydrogens (tertiary/aromatic N) is 2. The van der Waals surface area contributed by atoms with Gasteiger partial charge in [0.05, 0.1) is 12.1 Å². The third kappa shape index (κ3) is 2.54. The summed E-state index contributed by atoms with van der Waals surface area (Å²) in [6.45, 7) is 3.78. The Hall–Kier alpha value is -0.610. The molecule has 0 unspecified atom stereocenters. The van der Waals surface area contributed by atoms with Gasteiger partial charge < -0.3 is 10.0 Å². The molecule has 4 nitrogen and oxygen atoms in total. The van der Waals surface area contributed by atoms with Crippen LogP contribution in [0.15, 0.2) is 0 Å². The highest BCUT2D eigenvalue weighted by molar-refractivity contribution is 5.78. The number of amides is 1. The monoisotopic (exact) mass is 252 g/mol. The summed E-state index contributed by atoms with van der Waals surface area (Å²) in [5, 5.41) is 10.2. The van der Waals surface area contributed by atoms with E-state index in [0.29, 0.717) is 25.6 Å². The van der Waals surface area contributed by atoms with Gasteiger partial charge in [0, 0.05) is 26.2 Å². The van der Waals surface area contributed by atoms with Gasteiger partial charge in [0.2, 0.25) is 5.91 Å². The Morgan fingerprint density at radius 2 is 1.72 bits per heavy atom. The molecule has 3 fully saturated rings. The van der Waals surface area contributed by atoms with E-state index < -0.39 is 5.60 Å². The minimum atomic E-state index is -0.459. The van der Waals surface area contributed by atoms with Gasteiger partial charge in [-0.3, -0.25) is 9.69 Å². The normalized spacial score (nSPS) is 28.6. The number of aliphatic hydroxyl groups is 1. The van der Waals surface area contributed by atoms with E-state index in [1.165, 1.54) is 25.7 Å². The van der Waals surface area contributed by atoms with Crippen molar-refractivity contribution in [2.75, 3.05) is 32.7 Å². The standard InChI is InChI=1S/C14H24N2O2/c17-13(16-7-3-1-2-4-8-16)9-15-10-14(18,11-15)12-5-6-12/h12,18H,1-11H2. The van der Waals surface area contributed by atoms with Crippen LogP contribution < -0.4 is 0 Å². The maximum absolute atomic E-state index is 12.2. The van der Waals surface area contributed by atoms with Crippen LogP contribution >= 0.6 is 0 Å². The quantitative estimate of drug-likeness (QED) is 0.809. The second kappa shape index (κ2) is 4.82. The van der Waals surface area contributed by atoms with Crippen molar-refractivity contribution in [3.63, 3.8) is 0 Å². The highest BCUT2D eigenvalue weighted by Gasteiger charge is 2.52. The molecular weight excluding hydrogens is 228 g/mol. The van der Waals surface area contributed by atoms with E-state index in [2.05, 4.69) is 4.90 Å². The van der Waals surface area contributed by atoms with Gasteiger partial charge in [0.25, 0.3) is 0 Å². The van der Waals surface area contributed by atoms with Crippen molar-refractivity contribution in [3.05, 3.63) is 0 Å². The predicted molar refractivity (Wildman–Crippen MR) is 69.2 cm³/mol. The van der Waals surface area contributed by atoms with Crippen molar-refractivity contribution in [2.24, 2.45) is 5.92 Å². The van der Waals surface area contributed by atoms with Gasteiger partial charge in [-0.15, -0.1) is 0 Å². The molecule has 0 aromatic carbocycles. The molecule has 0 aromatic heterocycles. The topological polar surface area (TPSA) is 43.8 Å². The fraction of sp³-hybridized carbons (Fsp3) is 0.929.